The molecule has 106 valence electrons. The van der Waals surface area contributed by atoms with Crippen LogP contribution in [0.4, 0.5) is 5.69 Å². The van der Waals surface area contributed by atoms with Gasteiger partial charge in [0.15, 0.2) is 0 Å². The summed E-state index contributed by atoms with van der Waals surface area (Å²) < 4.78 is 5.29. The summed E-state index contributed by atoms with van der Waals surface area (Å²) in [7, 11) is 0. The van der Waals surface area contributed by atoms with E-state index in [1.54, 1.807) is 30.0 Å². The zero-order chi connectivity index (χ0) is 14.8. The van der Waals surface area contributed by atoms with Crippen molar-refractivity contribution in [3.8, 4) is 22.8 Å². The van der Waals surface area contributed by atoms with Gasteiger partial charge in [0, 0.05) is 16.1 Å². The van der Waals surface area contributed by atoms with E-state index < -0.39 is 0 Å². The Balaban J connectivity index is 1.99. The Hall–Kier alpha value is -1.98. The fourth-order valence-electron chi connectivity index (χ4n) is 1.95. The van der Waals surface area contributed by atoms with E-state index in [-0.39, 0.29) is 0 Å². The molecule has 0 fully saturated rings. The van der Waals surface area contributed by atoms with Crippen LogP contribution in [-0.2, 0) is 0 Å². The van der Waals surface area contributed by atoms with Crippen molar-refractivity contribution in [2.24, 2.45) is 0 Å². The van der Waals surface area contributed by atoms with E-state index in [1.807, 2.05) is 30.5 Å². The van der Waals surface area contributed by atoms with Gasteiger partial charge in [0.1, 0.15) is 0 Å². The average molecular weight is 318 g/mol. The maximum atomic E-state index is 6.15. The largest absolute Gasteiger partial charge is 0.398 e. The van der Waals surface area contributed by atoms with Gasteiger partial charge in [0.05, 0.1) is 10.6 Å². The number of halogens is 1. The smallest absolute Gasteiger partial charge is 0.261 e. The van der Waals surface area contributed by atoms with Crippen molar-refractivity contribution in [2.75, 3.05) is 12.0 Å². The number of nitrogens with zero attached hydrogens (tertiary/aromatic N) is 2. The third-order valence-corrected chi connectivity index (χ3v) is 4.09. The van der Waals surface area contributed by atoms with Crippen LogP contribution >= 0.6 is 23.4 Å². The molecule has 1 heterocycles. The molecular formula is C15H12ClN3OS. The van der Waals surface area contributed by atoms with Crippen LogP contribution < -0.4 is 5.73 Å². The molecule has 0 aliphatic heterocycles. The molecule has 0 atom stereocenters. The lowest BCUT2D eigenvalue weighted by Gasteiger charge is -2.01. The number of rotatable bonds is 3. The van der Waals surface area contributed by atoms with Gasteiger partial charge in [-0.25, -0.2) is 0 Å². The monoisotopic (exact) mass is 317 g/mol. The van der Waals surface area contributed by atoms with Gasteiger partial charge in [-0.05, 0) is 42.7 Å². The van der Waals surface area contributed by atoms with Gasteiger partial charge in [0.2, 0.25) is 5.82 Å². The molecule has 3 aromatic rings. The molecule has 0 aliphatic rings. The van der Waals surface area contributed by atoms with E-state index in [4.69, 9.17) is 21.9 Å². The molecule has 0 bridgehead atoms. The first-order chi connectivity index (χ1) is 10.2. The second-order valence-electron chi connectivity index (χ2n) is 4.36. The van der Waals surface area contributed by atoms with E-state index in [0.29, 0.717) is 28.0 Å². The quantitative estimate of drug-likeness (QED) is 0.574. The van der Waals surface area contributed by atoms with Crippen LogP contribution in [0.5, 0.6) is 0 Å². The van der Waals surface area contributed by atoms with Crippen LogP contribution in [0.3, 0.4) is 0 Å². The van der Waals surface area contributed by atoms with Gasteiger partial charge < -0.3 is 10.3 Å². The lowest BCUT2D eigenvalue weighted by atomic mass is 10.2. The first kappa shape index (κ1) is 14.0. The van der Waals surface area contributed by atoms with Crippen LogP contribution in [0.25, 0.3) is 22.8 Å². The van der Waals surface area contributed by atoms with Crippen molar-refractivity contribution < 1.29 is 4.52 Å². The van der Waals surface area contributed by atoms with Gasteiger partial charge >= 0.3 is 0 Å². The zero-order valence-electron chi connectivity index (χ0n) is 11.2. The first-order valence-corrected chi connectivity index (χ1v) is 7.82. The molecule has 1 aromatic heterocycles. The molecule has 0 spiro atoms. The lowest BCUT2D eigenvalue weighted by molar-refractivity contribution is 0.432. The minimum atomic E-state index is 0.321. The predicted octanol–water partition coefficient (Wildman–Crippen LogP) is 4.36. The zero-order valence-corrected chi connectivity index (χ0v) is 12.8. The maximum absolute atomic E-state index is 6.15. The minimum absolute atomic E-state index is 0.321. The fourth-order valence-corrected chi connectivity index (χ4v) is 2.62. The van der Waals surface area contributed by atoms with Gasteiger partial charge in [-0.2, -0.15) is 4.98 Å². The molecule has 0 saturated carbocycles. The second kappa shape index (κ2) is 5.79. The molecule has 0 saturated heterocycles. The van der Waals surface area contributed by atoms with Gasteiger partial charge in [-0.3, -0.25) is 0 Å². The van der Waals surface area contributed by atoms with E-state index in [9.17, 15) is 0 Å². The molecule has 2 aromatic carbocycles. The number of hydrogen-bond donors (Lipinski definition) is 1. The molecule has 21 heavy (non-hydrogen) atoms. The maximum Gasteiger partial charge on any atom is 0.261 e. The Morgan fingerprint density at radius 2 is 1.90 bits per heavy atom. The highest BCUT2D eigenvalue weighted by Gasteiger charge is 2.16. The Bertz CT molecular complexity index is 751. The average Bonchev–Trinajstić information content (AvgIpc) is 2.97. The number of nitrogens with two attached hydrogens (primary N) is 1. The van der Waals surface area contributed by atoms with Crippen LogP contribution in [-0.4, -0.2) is 16.4 Å². The number of thioether (sulfide) groups is 1. The van der Waals surface area contributed by atoms with Gasteiger partial charge in [-0.1, -0.05) is 22.8 Å². The summed E-state index contributed by atoms with van der Waals surface area (Å²) in [6.07, 6.45) is 2.03. The molecule has 0 radical (unpaired) electrons. The number of nitrogen functional groups attached to an aromatic ring is 1. The van der Waals surface area contributed by atoms with Crippen molar-refractivity contribution >= 4 is 29.1 Å². The Morgan fingerprint density at radius 1 is 1.14 bits per heavy atom. The van der Waals surface area contributed by atoms with E-state index in [1.165, 1.54) is 4.90 Å². The Morgan fingerprint density at radius 3 is 2.57 bits per heavy atom. The molecule has 2 N–H and O–H groups in total. The Labute approximate surface area is 131 Å². The van der Waals surface area contributed by atoms with Crippen LogP contribution in [0, 0.1) is 0 Å². The normalized spacial score (nSPS) is 10.8. The highest BCUT2D eigenvalue weighted by atomic mass is 35.5. The summed E-state index contributed by atoms with van der Waals surface area (Å²) >= 11 is 7.83. The predicted molar refractivity (Wildman–Crippen MR) is 86.4 cm³/mol. The highest BCUT2D eigenvalue weighted by Crippen LogP contribution is 2.33. The molecule has 3 rings (SSSR count). The molecule has 0 unspecified atom stereocenters. The topological polar surface area (TPSA) is 64.9 Å². The molecule has 0 aliphatic carbocycles. The number of anilines is 1. The summed E-state index contributed by atoms with van der Waals surface area (Å²) in [6, 6.07) is 13.2. The molecule has 6 heteroatoms. The van der Waals surface area contributed by atoms with Crippen molar-refractivity contribution in [3.63, 3.8) is 0 Å². The molecule has 4 nitrogen and oxygen atoms in total. The standard InChI is InChI=1S/C15H12ClN3OS/c1-21-10-7-5-9(6-8-10)14-18-15(20-19-14)13-11(16)3-2-4-12(13)17/h2-8H,17H2,1H3. The van der Waals surface area contributed by atoms with Gasteiger partial charge in [-0.15, -0.1) is 11.8 Å². The van der Waals surface area contributed by atoms with Crippen molar-refractivity contribution in [2.45, 2.75) is 4.90 Å². The van der Waals surface area contributed by atoms with Gasteiger partial charge in [0.25, 0.3) is 5.89 Å². The Kier molecular flexibility index (Phi) is 3.86. The summed E-state index contributed by atoms with van der Waals surface area (Å²) in [4.78, 5) is 5.56. The summed E-state index contributed by atoms with van der Waals surface area (Å²) in [5, 5.41) is 4.48. The highest BCUT2D eigenvalue weighted by molar-refractivity contribution is 7.98. The van der Waals surface area contributed by atoms with Crippen LogP contribution in [0.1, 0.15) is 0 Å². The summed E-state index contributed by atoms with van der Waals surface area (Å²) in [6.45, 7) is 0. The lowest BCUT2D eigenvalue weighted by Crippen LogP contribution is -1.90. The minimum Gasteiger partial charge on any atom is -0.398 e. The van der Waals surface area contributed by atoms with Crippen LogP contribution in [0.15, 0.2) is 51.9 Å². The third kappa shape index (κ3) is 2.75. The van der Waals surface area contributed by atoms with E-state index in [2.05, 4.69) is 10.1 Å². The van der Waals surface area contributed by atoms with E-state index >= 15 is 0 Å². The first-order valence-electron chi connectivity index (χ1n) is 6.21. The van der Waals surface area contributed by atoms with Crippen molar-refractivity contribution in [1.29, 1.82) is 0 Å². The molecule has 0 amide bonds. The number of benzene rings is 2. The van der Waals surface area contributed by atoms with Crippen molar-refractivity contribution in [3.05, 3.63) is 47.5 Å². The summed E-state index contributed by atoms with van der Waals surface area (Å²) in [5.41, 5.74) is 7.88. The molecular weight excluding hydrogens is 306 g/mol. The summed E-state index contributed by atoms with van der Waals surface area (Å²) in [5.74, 6) is 0.832. The number of hydrogen-bond acceptors (Lipinski definition) is 5. The third-order valence-electron chi connectivity index (χ3n) is 3.03. The number of aromatic nitrogens is 2. The van der Waals surface area contributed by atoms with Crippen LogP contribution in [0.2, 0.25) is 5.02 Å². The van der Waals surface area contributed by atoms with Crippen molar-refractivity contribution in [1.82, 2.24) is 10.1 Å². The second-order valence-corrected chi connectivity index (χ2v) is 5.64. The SMILES string of the molecule is CSc1ccc(-c2noc(-c3c(N)cccc3Cl)n2)cc1. The van der Waals surface area contributed by atoms with E-state index in [0.717, 1.165) is 5.56 Å². The fraction of sp³-hybridized carbons (Fsp3) is 0.0667.